The number of fused-ring (bicyclic) bond motifs is 1. The Morgan fingerprint density at radius 2 is 2.22 bits per heavy atom. The Bertz CT molecular complexity index is 816. The molecule has 1 atom stereocenters. The molecule has 8 heteroatoms. The van der Waals surface area contributed by atoms with Gasteiger partial charge < -0.3 is 9.73 Å². The third kappa shape index (κ3) is 3.60. The zero-order chi connectivity index (χ0) is 16.4. The minimum Gasteiger partial charge on any atom is -0.468 e. The first-order valence-electron chi connectivity index (χ1n) is 7.05. The van der Waals surface area contributed by atoms with Gasteiger partial charge in [-0.15, -0.1) is 11.8 Å². The van der Waals surface area contributed by atoms with E-state index in [4.69, 9.17) is 4.42 Å². The number of amides is 1. The monoisotopic (exact) mass is 352 g/mol. The van der Waals surface area contributed by atoms with Crippen LogP contribution in [0.25, 0.3) is 0 Å². The Labute approximate surface area is 138 Å². The zero-order valence-electron chi connectivity index (χ0n) is 12.4. The zero-order valence-corrected chi connectivity index (χ0v) is 14.0. The lowest BCUT2D eigenvalue weighted by Crippen LogP contribution is -2.23. The van der Waals surface area contributed by atoms with Crippen molar-refractivity contribution in [2.45, 2.75) is 23.3 Å². The van der Waals surface area contributed by atoms with Gasteiger partial charge in [-0.1, -0.05) is 6.92 Å². The average Bonchev–Trinajstić information content (AvgIpc) is 3.00. The predicted octanol–water partition coefficient (Wildman–Crippen LogP) is 2.44. The van der Waals surface area contributed by atoms with Gasteiger partial charge in [0.2, 0.25) is 15.9 Å². The molecular weight excluding hydrogens is 336 g/mol. The Hall–Kier alpha value is -1.77. The molecular formula is C15H16N2O4S2. The lowest BCUT2D eigenvalue weighted by atomic mass is 10.2. The third-order valence-electron chi connectivity index (χ3n) is 3.47. The van der Waals surface area contributed by atoms with Gasteiger partial charge in [-0.2, -0.15) is 0 Å². The number of hydrogen-bond acceptors (Lipinski definition) is 5. The van der Waals surface area contributed by atoms with E-state index in [0.29, 0.717) is 17.2 Å². The van der Waals surface area contributed by atoms with Crippen molar-refractivity contribution in [3.8, 4) is 0 Å². The van der Waals surface area contributed by atoms with Crippen LogP contribution in [0.2, 0.25) is 0 Å². The summed E-state index contributed by atoms with van der Waals surface area (Å²) in [6.07, 6.45) is 1.49. The summed E-state index contributed by atoms with van der Waals surface area (Å²) in [4.78, 5) is 12.9. The number of hydrogen-bond donors (Lipinski definition) is 2. The second-order valence-electron chi connectivity index (χ2n) is 5.26. The van der Waals surface area contributed by atoms with Gasteiger partial charge in [0.25, 0.3) is 0 Å². The van der Waals surface area contributed by atoms with Crippen molar-refractivity contribution in [3.63, 3.8) is 0 Å². The van der Waals surface area contributed by atoms with Crippen molar-refractivity contribution in [1.29, 1.82) is 0 Å². The highest BCUT2D eigenvalue weighted by molar-refractivity contribution is 7.99. The minimum atomic E-state index is -3.68. The maximum atomic E-state index is 12.4. The fourth-order valence-corrected chi connectivity index (χ4v) is 4.14. The van der Waals surface area contributed by atoms with Crippen LogP contribution in [0.3, 0.4) is 0 Å². The molecule has 122 valence electrons. The fraction of sp³-hybridized carbons (Fsp3) is 0.267. The highest BCUT2D eigenvalue weighted by Gasteiger charge is 2.22. The van der Waals surface area contributed by atoms with E-state index in [1.54, 1.807) is 24.3 Å². The van der Waals surface area contributed by atoms with E-state index in [0.717, 1.165) is 4.90 Å². The molecule has 0 saturated heterocycles. The number of anilines is 1. The van der Waals surface area contributed by atoms with E-state index >= 15 is 0 Å². The number of nitrogens with one attached hydrogen (secondary N) is 2. The molecule has 1 aromatic heterocycles. The number of sulfonamides is 1. The summed E-state index contributed by atoms with van der Waals surface area (Å²) >= 11 is 1.54. The standard InChI is InChI=1S/C15H16N2O4S2/c1-10-9-22-14-5-4-12(7-13(14)17-15(10)18)23(19,20)16-8-11-3-2-6-21-11/h2-7,10,16H,8-9H2,1H3,(H,17,18). The molecule has 1 unspecified atom stereocenters. The number of rotatable bonds is 4. The third-order valence-corrected chi connectivity index (χ3v) is 6.20. The normalized spacial score (nSPS) is 18.1. The molecule has 2 aromatic rings. The molecule has 0 radical (unpaired) electrons. The Morgan fingerprint density at radius 3 is 2.96 bits per heavy atom. The van der Waals surface area contributed by atoms with Crippen LogP contribution in [-0.2, 0) is 21.4 Å². The number of benzene rings is 1. The first-order chi connectivity index (χ1) is 11.0. The lowest BCUT2D eigenvalue weighted by Gasteiger charge is -2.10. The molecule has 0 saturated carbocycles. The number of thioether (sulfide) groups is 1. The van der Waals surface area contributed by atoms with Gasteiger partial charge in [-0.25, -0.2) is 13.1 Å². The molecule has 23 heavy (non-hydrogen) atoms. The Kier molecular flexibility index (Phi) is 4.47. The van der Waals surface area contributed by atoms with E-state index < -0.39 is 10.0 Å². The SMILES string of the molecule is CC1CSc2ccc(S(=O)(=O)NCc3ccco3)cc2NC1=O. The van der Waals surface area contributed by atoms with E-state index in [1.807, 2.05) is 6.92 Å². The second kappa shape index (κ2) is 6.38. The summed E-state index contributed by atoms with van der Waals surface area (Å²) < 4.78 is 32.3. The van der Waals surface area contributed by atoms with E-state index in [9.17, 15) is 13.2 Å². The topological polar surface area (TPSA) is 88.4 Å². The molecule has 2 heterocycles. The van der Waals surface area contributed by atoms with Crippen molar-refractivity contribution in [2.24, 2.45) is 5.92 Å². The van der Waals surface area contributed by atoms with Crippen LogP contribution < -0.4 is 10.0 Å². The van der Waals surface area contributed by atoms with Crippen LogP contribution in [0.15, 0.2) is 50.8 Å². The number of carbonyl (C=O) groups is 1. The summed E-state index contributed by atoms with van der Waals surface area (Å²) in [5, 5.41) is 2.78. The highest BCUT2D eigenvalue weighted by Crippen LogP contribution is 2.34. The van der Waals surface area contributed by atoms with Crippen molar-refractivity contribution in [1.82, 2.24) is 4.72 Å². The summed E-state index contributed by atoms with van der Waals surface area (Å²) in [5.74, 6) is 0.974. The molecule has 3 rings (SSSR count). The van der Waals surface area contributed by atoms with Crippen LogP contribution in [-0.4, -0.2) is 20.1 Å². The van der Waals surface area contributed by atoms with Crippen molar-refractivity contribution in [2.75, 3.05) is 11.1 Å². The molecule has 1 amide bonds. The van der Waals surface area contributed by atoms with Crippen LogP contribution in [0, 0.1) is 5.92 Å². The van der Waals surface area contributed by atoms with E-state index in [2.05, 4.69) is 10.0 Å². The highest BCUT2D eigenvalue weighted by atomic mass is 32.2. The van der Waals surface area contributed by atoms with Crippen molar-refractivity contribution in [3.05, 3.63) is 42.4 Å². The average molecular weight is 352 g/mol. The van der Waals surface area contributed by atoms with Gasteiger partial charge in [0.1, 0.15) is 5.76 Å². The Balaban J connectivity index is 1.83. The summed E-state index contributed by atoms with van der Waals surface area (Å²) in [6, 6.07) is 8.14. The van der Waals surface area contributed by atoms with Gasteiger partial charge in [0, 0.05) is 16.6 Å². The molecule has 2 N–H and O–H groups in total. The van der Waals surface area contributed by atoms with E-state index in [1.165, 1.54) is 24.1 Å². The Morgan fingerprint density at radius 1 is 1.39 bits per heavy atom. The van der Waals surface area contributed by atoms with Gasteiger partial charge >= 0.3 is 0 Å². The molecule has 6 nitrogen and oxygen atoms in total. The van der Waals surface area contributed by atoms with Crippen LogP contribution in [0.5, 0.6) is 0 Å². The largest absolute Gasteiger partial charge is 0.468 e. The quantitative estimate of drug-likeness (QED) is 0.882. The van der Waals surface area contributed by atoms with Crippen molar-refractivity contribution < 1.29 is 17.6 Å². The lowest BCUT2D eigenvalue weighted by molar-refractivity contribution is -0.118. The summed E-state index contributed by atoms with van der Waals surface area (Å²) in [5.41, 5.74) is 0.533. The minimum absolute atomic E-state index is 0.0740. The molecule has 0 fully saturated rings. The maximum absolute atomic E-state index is 12.4. The van der Waals surface area contributed by atoms with Gasteiger partial charge in [-0.3, -0.25) is 4.79 Å². The van der Waals surface area contributed by atoms with Crippen LogP contribution >= 0.6 is 11.8 Å². The van der Waals surface area contributed by atoms with Gasteiger partial charge in [-0.05, 0) is 30.3 Å². The molecule has 0 spiro atoms. The second-order valence-corrected chi connectivity index (χ2v) is 8.09. The molecule has 0 aliphatic carbocycles. The van der Waals surface area contributed by atoms with Crippen LogP contribution in [0.4, 0.5) is 5.69 Å². The smallest absolute Gasteiger partial charge is 0.241 e. The predicted molar refractivity (Wildman–Crippen MR) is 87.7 cm³/mol. The van der Waals surface area contributed by atoms with Gasteiger partial charge in [0.05, 0.1) is 23.4 Å². The molecule has 0 bridgehead atoms. The first kappa shape index (κ1) is 16.1. The molecule has 1 aromatic carbocycles. The van der Waals surface area contributed by atoms with Gasteiger partial charge in [0.15, 0.2) is 0 Å². The fourth-order valence-electron chi connectivity index (χ4n) is 2.11. The van der Waals surface area contributed by atoms with E-state index in [-0.39, 0.29) is 23.3 Å². The molecule has 1 aliphatic heterocycles. The van der Waals surface area contributed by atoms with Crippen molar-refractivity contribution >= 4 is 33.4 Å². The number of furan rings is 1. The summed E-state index contributed by atoms with van der Waals surface area (Å²) in [6.45, 7) is 1.92. The number of carbonyl (C=O) groups excluding carboxylic acids is 1. The summed E-state index contributed by atoms with van der Waals surface area (Å²) in [7, 11) is -3.68. The maximum Gasteiger partial charge on any atom is 0.241 e. The molecule has 1 aliphatic rings. The van der Waals surface area contributed by atoms with Crippen LogP contribution in [0.1, 0.15) is 12.7 Å². The first-order valence-corrected chi connectivity index (χ1v) is 9.52.